The number of ether oxygens (including phenoxy) is 1. The molecule has 3 nitrogen and oxygen atoms in total. The van der Waals surface area contributed by atoms with E-state index in [4.69, 9.17) is 4.74 Å². The summed E-state index contributed by atoms with van der Waals surface area (Å²) in [4.78, 5) is 2.78. The number of rotatable bonds is 5. The monoisotopic (exact) mass is 268 g/mol. The number of nitrogens with one attached hydrogen (secondary N) is 1. The summed E-state index contributed by atoms with van der Waals surface area (Å²) >= 11 is 0. The van der Waals surface area contributed by atoms with Gasteiger partial charge in [0.05, 0.1) is 0 Å². The zero-order valence-electron chi connectivity index (χ0n) is 13.1. The highest BCUT2D eigenvalue weighted by Gasteiger charge is 2.43. The van der Waals surface area contributed by atoms with E-state index in [2.05, 4.69) is 31.0 Å². The summed E-state index contributed by atoms with van der Waals surface area (Å²) in [5, 5.41) is 3.78. The second-order valence-corrected chi connectivity index (χ2v) is 6.99. The third-order valence-electron chi connectivity index (χ3n) is 4.86. The van der Waals surface area contributed by atoms with E-state index in [-0.39, 0.29) is 5.54 Å². The van der Waals surface area contributed by atoms with Crippen molar-refractivity contribution in [3.05, 3.63) is 0 Å². The van der Waals surface area contributed by atoms with Crippen molar-refractivity contribution in [2.45, 2.75) is 70.4 Å². The van der Waals surface area contributed by atoms with Crippen LogP contribution in [-0.4, -0.2) is 48.8 Å². The van der Waals surface area contributed by atoms with E-state index in [9.17, 15) is 0 Å². The van der Waals surface area contributed by atoms with Gasteiger partial charge in [-0.25, -0.2) is 0 Å². The molecular formula is C16H32N2O. The molecular weight excluding hydrogens is 236 g/mol. The molecule has 1 N–H and O–H groups in total. The van der Waals surface area contributed by atoms with Crippen LogP contribution in [0, 0.1) is 0 Å². The summed E-state index contributed by atoms with van der Waals surface area (Å²) in [6.07, 6.45) is 8.17. The topological polar surface area (TPSA) is 24.5 Å². The van der Waals surface area contributed by atoms with Gasteiger partial charge in [0.1, 0.15) is 0 Å². The van der Waals surface area contributed by atoms with Crippen LogP contribution in [0.2, 0.25) is 0 Å². The van der Waals surface area contributed by atoms with Gasteiger partial charge in [0.2, 0.25) is 0 Å². The second kappa shape index (κ2) is 6.55. The van der Waals surface area contributed by atoms with Gasteiger partial charge in [-0.15, -0.1) is 0 Å². The lowest BCUT2D eigenvalue weighted by molar-refractivity contribution is -0.0152. The van der Waals surface area contributed by atoms with Crippen LogP contribution >= 0.6 is 0 Å². The van der Waals surface area contributed by atoms with Crippen molar-refractivity contribution < 1.29 is 4.74 Å². The maximum atomic E-state index is 5.51. The molecule has 0 bridgehead atoms. The molecule has 1 spiro atoms. The Morgan fingerprint density at radius 3 is 2.58 bits per heavy atom. The average Bonchev–Trinajstić information content (AvgIpc) is 2.40. The maximum Gasteiger partial charge on any atom is 0.0478 e. The van der Waals surface area contributed by atoms with Gasteiger partial charge in [-0.1, -0.05) is 19.3 Å². The van der Waals surface area contributed by atoms with Crippen LogP contribution in [0.25, 0.3) is 0 Å². The maximum absolute atomic E-state index is 5.51. The van der Waals surface area contributed by atoms with Crippen molar-refractivity contribution in [3.8, 4) is 0 Å². The molecule has 0 unspecified atom stereocenters. The number of hydrogen-bond acceptors (Lipinski definition) is 3. The van der Waals surface area contributed by atoms with E-state index in [0.29, 0.717) is 5.54 Å². The van der Waals surface area contributed by atoms with Crippen LogP contribution in [0.3, 0.4) is 0 Å². The largest absolute Gasteiger partial charge is 0.382 e. The van der Waals surface area contributed by atoms with Crippen molar-refractivity contribution in [3.63, 3.8) is 0 Å². The van der Waals surface area contributed by atoms with Crippen LogP contribution in [0.5, 0.6) is 0 Å². The van der Waals surface area contributed by atoms with Crippen LogP contribution in [0.4, 0.5) is 0 Å². The Kier molecular flexibility index (Phi) is 5.27. The summed E-state index contributed by atoms with van der Waals surface area (Å²) in [5.74, 6) is 0. The number of nitrogens with zero attached hydrogens (tertiary/aromatic N) is 1. The predicted octanol–water partition coefficient (Wildman–Crippen LogP) is 2.80. The molecule has 2 fully saturated rings. The Morgan fingerprint density at radius 1 is 1.16 bits per heavy atom. The molecule has 0 radical (unpaired) electrons. The molecule has 0 aromatic rings. The van der Waals surface area contributed by atoms with Gasteiger partial charge in [0.15, 0.2) is 0 Å². The zero-order valence-corrected chi connectivity index (χ0v) is 13.1. The first-order valence-electron chi connectivity index (χ1n) is 8.16. The van der Waals surface area contributed by atoms with E-state index < -0.39 is 0 Å². The fourth-order valence-electron chi connectivity index (χ4n) is 3.74. The molecule has 3 heteroatoms. The zero-order chi connectivity index (χ0) is 13.8. The van der Waals surface area contributed by atoms with Gasteiger partial charge in [0.25, 0.3) is 0 Å². The highest BCUT2D eigenvalue weighted by molar-refractivity contribution is 5.03. The van der Waals surface area contributed by atoms with E-state index in [1.54, 1.807) is 0 Å². The minimum Gasteiger partial charge on any atom is -0.382 e. The first-order valence-corrected chi connectivity index (χ1v) is 8.16. The molecule has 0 aromatic heterocycles. The quantitative estimate of drug-likeness (QED) is 0.776. The van der Waals surface area contributed by atoms with E-state index >= 15 is 0 Å². The highest BCUT2D eigenvalue weighted by Crippen LogP contribution is 2.37. The van der Waals surface area contributed by atoms with Crippen LogP contribution in [0.1, 0.15) is 59.3 Å². The lowest BCUT2D eigenvalue weighted by atomic mass is 9.77. The molecule has 0 atom stereocenters. The summed E-state index contributed by atoms with van der Waals surface area (Å²) in [7, 11) is 0. The van der Waals surface area contributed by atoms with E-state index in [1.807, 2.05) is 0 Å². The second-order valence-electron chi connectivity index (χ2n) is 6.99. The SMILES string of the molecule is CCOCCCN1CC(C)(C)NCC12CCCCC2. The molecule has 1 saturated heterocycles. The molecule has 2 aliphatic rings. The molecule has 112 valence electrons. The first-order chi connectivity index (χ1) is 9.08. The van der Waals surface area contributed by atoms with Crippen molar-refractivity contribution in [1.82, 2.24) is 10.2 Å². The van der Waals surface area contributed by atoms with E-state index in [0.717, 1.165) is 13.2 Å². The van der Waals surface area contributed by atoms with Gasteiger partial charge < -0.3 is 10.1 Å². The average molecular weight is 268 g/mol. The Labute approximate surface area is 119 Å². The molecule has 1 aliphatic carbocycles. The van der Waals surface area contributed by atoms with Crippen molar-refractivity contribution in [1.29, 1.82) is 0 Å². The minimum absolute atomic E-state index is 0.258. The van der Waals surface area contributed by atoms with Gasteiger partial charge in [-0.2, -0.15) is 0 Å². The summed E-state index contributed by atoms with van der Waals surface area (Å²) in [6, 6.07) is 0. The number of hydrogen-bond donors (Lipinski definition) is 1. The lowest BCUT2D eigenvalue weighted by Crippen LogP contribution is -2.68. The van der Waals surface area contributed by atoms with Crippen molar-refractivity contribution >= 4 is 0 Å². The molecule has 2 rings (SSSR count). The van der Waals surface area contributed by atoms with Gasteiger partial charge in [-0.05, 0) is 40.0 Å². The standard InChI is InChI=1S/C16H32N2O/c1-4-19-12-8-11-18-14-15(2,3)17-13-16(18)9-6-5-7-10-16/h17H,4-14H2,1-3H3. The summed E-state index contributed by atoms with van der Waals surface area (Å²) < 4.78 is 5.51. The van der Waals surface area contributed by atoms with Gasteiger partial charge in [0, 0.05) is 43.9 Å². The van der Waals surface area contributed by atoms with Gasteiger partial charge in [-0.3, -0.25) is 4.90 Å². The molecule has 0 amide bonds. The molecule has 0 aromatic carbocycles. The van der Waals surface area contributed by atoms with E-state index in [1.165, 1.54) is 58.2 Å². The molecule has 1 heterocycles. The molecule has 1 aliphatic heterocycles. The fraction of sp³-hybridized carbons (Fsp3) is 1.00. The predicted molar refractivity (Wildman–Crippen MR) is 80.6 cm³/mol. The third kappa shape index (κ3) is 3.93. The van der Waals surface area contributed by atoms with Crippen LogP contribution < -0.4 is 5.32 Å². The smallest absolute Gasteiger partial charge is 0.0478 e. The fourth-order valence-corrected chi connectivity index (χ4v) is 3.74. The normalized spacial score (nSPS) is 26.7. The van der Waals surface area contributed by atoms with Gasteiger partial charge >= 0.3 is 0 Å². The van der Waals surface area contributed by atoms with Crippen molar-refractivity contribution in [2.24, 2.45) is 0 Å². The number of piperazine rings is 1. The lowest BCUT2D eigenvalue weighted by Gasteiger charge is -2.54. The van der Waals surface area contributed by atoms with Crippen molar-refractivity contribution in [2.75, 3.05) is 32.8 Å². The van der Waals surface area contributed by atoms with Crippen LogP contribution in [0.15, 0.2) is 0 Å². The Bertz CT molecular complexity index is 272. The van der Waals surface area contributed by atoms with Crippen LogP contribution in [-0.2, 0) is 4.74 Å². The first kappa shape index (κ1) is 15.3. The Hall–Kier alpha value is -0.120. The minimum atomic E-state index is 0.258. The molecule has 1 saturated carbocycles. The highest BCUT2D eigenvalue weighted by atomic mass is 16.5. The summed E-state index contributed by atoms with van der Waals surface area (Å²) in [6.45, 7) is 12.1. The third-order valence-corrected chi connectivity index (χ3v) is 4.86. The Balaban J connectivity index is 1.95. The molecule has 19 heavy (non-hydrogen) atoms. The Morgan fingerprint density at radius 2 is 1.89 bits per heavy atom. The summed E-state index contributed by atoms with van der Waals surface area (Å²) in [5.41, 5.74) is 0.703.